The molecule has 130 valence electrons. The SMILES string of the molecule is CN(C(=O)c1cncc(C(=O)NCC2CCCO2)c1)c1ccccc1. The Kier molecular flexibility index (Phi) is 5.40. The number of carbonyl (C=O) groups excluding carboxylic acids is 2. The number of nitrogens with zero attached hydrogens (tertiary/aromatic N) is 2. The first-order valence-corrected chi connectivity index (χ1v) is 8.33. The highest BCUT2D eigenvalue weighted by molar-refractivity contribution is 6.07. The van der Waals surface area contributed by atoms with E-state index in [4.69, 9.17) is 4.74 Å². The van der Waals surface area contributed by atoms with E-state index < -0.39 is 0 Å². The molecule has 1 saturated heterocycles. The quantitative estimate of drug-likeness (QED) is 0.907. The molecule has 1 fully saturated rings. The fourth-order valence-electron chi connectivity index (χ4n) is 2.76. The molecule has 0 radical (unpaired) electrons. The lowest BCUT2D eigenvalue weighted by Gasteiger charge is -2.17. The minimum Gasteiger partial charge on any atom is -0.376 e. The lowest BCUT2D eigenvalue weighted by Crippen LogP contribution is -2.32. The Morgan fingerprint density at radius 3 is 2.72 bits per heavy atom. The van der Waals surface area contributed by atoms with Gasteiger partial charge in [0.2, 0.25) is 0 Å². The lowest BCUT2D eigenvalue weighted by molar-refractivity contribution is 0.0857. The standard InChI is InChI=1S/C19H21N3O3/c1-22(16-6-3-2-4-7-16)19(24)15-10-14(11-20-12-15)18(23)21-13-17-8-5-9-25-17/h2-4,6-7,10-12,17H,5,8-9,13H2,1H3,(H,21,23). The Bertz CT molecular complexity index is 743. The predicted molar refractivity (Wildman–Crippen MR) is 94.7 cm³/mol. The molecule has 0 spiro atoms. The molecular weight excluding hydrogens is 318 g/mol. The number of aromatic nitrogens is 1. The summed E-state index contributed by atoms with van der Waals surface area (Å²) in [6.07, 6.45) is 4.99. The van der Waals surface area contributed by atoms with Gasteiger partial charge in [0.1, 0.15) is 0 Å². The summed E-state index contributed by atoms with van der Waals surface area (Å²) in [4.78, 5) is 30.5. The van der Waals surface area contributed by atoms with E-state index in [1.165, 1.54) is 17.3 Å². The summed E-state index contributed by atoms with van der Waals surface area (Å²) in [6.45, 7) is 1.22. The number of pyridine rings is 1. The van der Waals surface area contributed by atoms with E-state index in [9.17, 15) is 9.59 Å². The summed E-state index contributed by atoms with van der Waals surface area (Å²) in [6, 6.07) is 10.9. The average Bonchev–Trinajstić information content (AvgIpc) is 3.19. The van der Waals surface area contributed by atoms with Gasteiger partial charge in [-0.05, 0) is 31.0 Å². The Balaban J connectivity index is 1.67. The van der Waals surface area contributed by atoms with Gasteiger partial charge in [-0.1, -0.05) is 18.2 Å². The number of nitrogens with one attached hydrogen (secondary N) is 1. The molecular formula is C19H21N3O3. The smallest absolute Gasteiger partial charge is 0.259 e. The van der Waals surface area contributed by atoms with Crippen LogP contribution in [-0.2, 0) is 4.74 Å². The summed E-state index contributed by atoms with van der Waals surface area (Å²) in [5.74, 6) is -0.465. The molecule has 2 aromatic rings. The number of benzene rings is 1. The Morgan fingerprint density at radius 2 is 2.00 bits per heavy atom. The van der Waals surface area contributed by atoms with Crippen molar-refractivity contribution in [1.82, 2.24) is 10.3 Å². The highest BCUT2D eigenvalue weighted by Crippen LogP contribution is 2.15. The van der Waals surface area contributed by atoms with Crippen molar-refractivity contribution < 1.29 is 14.3 Å². The summed E-state index contributed by atoms with van der Waals surface area (Å²) in [7, 11) is 1.70. The molecule has 1 unspecified atom stereocenters. The van der Waals surface area contributed by atoms with Crippen LogP contribution in [0, 0.1) is 0 Å². The van der Waals surface area contributed by atoms with E-state index in [0.29, 0.717) is 17.7 Å². The van der Waals surface area contributed by atoms with Crippen molar-refractivity contribution in [1.29, 1.82) is 0 Å². The van der Waals surface area contributed by atoms with E-state index in [2.05, 4.69) is 10.3 Å². The molecule has 0 saturated carbocycles. The molecule has 1 atom stereocenters. The summed E-state index contributed by atoms with van der Waals surface area (Å²) < 4.78 is 5.49. The van der Waals surface area contributed by atoms with Gasteiger partial charge in [-0.25, -0.2) is 0 Å². The Hall–Kier alpha value is -2.73. The fraction of sp³-hybridized carbons (Fsp3) is 0.316. The summed E-state index contributed by atoms with van der Waals surface area (Å²) in [5.41, 5.74) is 1.52. The van der Waals surface area contributed by atoms with Crippen LogP contribution in [0.25, 0.3) is 0 Å². The predicted octanol–water partition coefficient (Wildman–Crippen LogP) is 2.27. The minimum absolute atomic E-state index is 0.0749. The van der Waals surface area contributed by atoms with Crippen LogP contribution >= 0.6 is 0 Å². The molecule has 1 aliphatic rings. The second kappa shape index (κ2) is 7.90. The van der Waals surface area contributed by atoms with Gasteiger partial charge in [-0.15, -0.1) is 0 Å². The average molecular weight is 339 g/mol. The molecule has 6 nitrogen and oxygen atoms in total. The van der Waals surface area contributed by atoms with Gasteiger partial charge in [0, 0.05) is 38.3 Å². The normalized spacial score (nSPS) is 16.4. The highest BCUT2D eigenvalue weighted by Gasteiger charge is 2.18. The summed E-state index contributed by atoms with van der Waals surface area (Å²) in [5, 5.41) is 2.84. The molecule has 6 heteroatoms. The van der Waals surface area contributed by atoms with Gasteiger partial charge in [-0.3, -0.25) is 14.6 Å². The third-order valence-electron chi connectivity index (χ3n) is 4.21. The van der Waals surface area contributed by atoms with Gasteiger partial charge in [0.25, 0.3) is 11.8 Å². The van der Waals surface area contributed by atoms with Gasteiger partial charge in [0.05, 0.1) is 17.2 Å². The van der Waals surface area contributed by atoms with Crippen molar-refractivity contribution in [2.75, 3.05) is 25.1 Å². The van der Waals surface area contributed by atoms with Crippen LogP contribution in [0.1, 0.15) is 33.6 Å². The molecule has 25 heavy (non-hydrogen) atoms. The topological polar surface area (TPSA) is 71.5 Å². The van der Waals surface area contributed by atoms with E-state index >= 15 is 0 Å². The molecule has 0 bridgehead atoms. The second-order valence-electron chi connectivity index (χ2n) is 6.01. The van der Waals surface area contributed by atoms with Gasteiger partial charge in [0.15, 0.2) is 0 Å². The van der Waals surface area contributed by atoms with Crippen LogP contribution < -0.4 is 10.2 Å². The molecule has 1 N–H and O–H groups in total. The Morgan fingerprint density at radius 1 is 1.24 bits per heavy atom. The first-order chi connectivity index (χ1) is 12.1. The first kappa shape index (κ1) is 17.1. The van der Waals surface area contributed by atoms with E-state index in [0.717, 1.165) is 25.1 Å². The number of rotatable bonds is 5. The zero-order chi connectivity index (χ0) is 17.6. The summed E-state index contributed by atoms with van der Waals surface area (Å²) >= 11 is 0. The minimum atomic E-state index is -0.250. The maximum absolute atomic E-state index is 12.6. The van der Waals surface area contributed by atoms with Crippen molar-refractivity contribution >= 4 is 17.5 Å². The van der Waals surface area contributed by atoms with E-state index in [-0.39, 0.29) is 17.9 Å². The van der Waals surface area contributed by atoms with Crippen LogP contribution in [0.5, 0.6) is 0 Å². The van der Waals surface area contributed by atoms with Gasteiger partial charge in [-0.2, -0.15) is 0 Å². The van der Waals surface area contributed by atoms with E-state index in [1.807, 2.05) is 30.3 Å². The monoisotopic (exact) mass is 339 g/mol. The van der Waals surface area contributed by atoms with Crippen LogP contribution in [0.15, 0.2) is 48.8 Å². The third-order valence-corrected chi connectivity index (χ3v) is 4.21. The number of carbonyl (C=O) groups is 2. The van der Waals surface area contributed by atoms with Crippen molar-refractivity contribution in [2.45, 2.75) is 18.9 Å². The van der Waals surface area contributed by atoms with Crippen molar-refractivity contribution in [3.05, 3.63) is 59.9 Å². The third kappa shape index (κ3) is 4.22. The van der Waals surface area contributed by atoms with E-state index in [1.54, 1.807) is 13.1 Å². The second-order valence-corrected chi connectivity index (χ2v) is 6.01. The molecule has 1 aromatic heterocycles. The van der Waals surface area contributed by atoms with Crippen LogP contribution in [0.3, 0.4) is 0 Å². The van der Waals surface area contributed by atoms with Crippen LogP contribution in [-0.4, -0.2) is 43.1 Å². The number of hydrogen-bond acceptors (Lipinski definition) is 4. The van der Waals surface area contributed by atoms with Crippen molar-refractivity contribution in [2.24, 2.45) is 0 Å². The highest BCUT2D eigenvalue weighted by atomic mass is 16.5. The maximum Gasteiger partial charge on any atom is 0.259 e. The molecule has 2 heterocycles. The number of ether oxygens (including phenoxy) is 1. The largest absolute Gasteiger partial charge is 0.376 e. The van der Waals surface area contributed by atoms with Crippen LogP contribution in [0.2, 0.25) is 0 Å². The maximum atomic E-state index is 12.6. The molecule has 3 rings (SSSR count). The van der Waals surface area contributed by atoms with Crippen LogP contribution in [0.4, 0.5) is 5.69 Å². The van der Waals surface area contributed by atoms with Gasteiger partial charge >= 0.3 is 0 Å². The number of anilines is 1. The molecule has 0 aliphatic carbocycles. The number of hydrogen-bond donors (Lipinski definition) is 1. The van der Waals surface area contributed by atoms with Crippen molar-refractivity contribution in [3.8, 4) is 0 Å². The molecule has 2 amide bonds. The number of para-hydroxylation sites is 1. The molecule has 1 aliphatic heterocycles. The first-order valence-electron chi connectivity index (χ1n) is 8.33. The molecule has 1 aromatic carbocycles. The Labute approximate surface area is 146 Å². The van der Waals surface area contributed by atoms with Gasteiger partial charge < -0.3 is 15.0 Å². The fourth-order valence-corrected chi connectivity index (χ4v) is 2.76. The number of amides is 2. The zero-order valence-electron chi connectivity index (χ0n) is 14.1. The van der Waals surface area contributed by atoms with Crippen molar-refractivity contribution in [3.63, 3.8) is 0 Å². The lowest BCUT2D eigenvalue weighted by atomic mass is 10.1. The zero-order valence-corrected chi connectivity index (χ0v) is 14.1.